The van der Waals surface area contributed by atoms with Crippen LogP contribution in [0, 0.1) is 0 Å². The summed E-state index contributed by atoms with van der Waals surface area (Å²) in [5.41, 5.74) is 5.01. The van der Waals surface area contributed by atoms with Crippen molar-refractivity contribution in [3.05, 3.63) is 64.8 Å². The number of carbonyl (C=O) groups excluding carboxylic acids is 2. The number of nitrogens with one attached hydrogen (secondary N) is 1. The van der Waals surface area contributed by atoms with Crippen molar-refractivity contribution in [3.8, 4) is 5.75 Å². The molecule has 3 aromatic rings. The van der Waals surface area contributed by atoms with Gasteiger partial charge in [0.25, 0.3) is 0 Å². The van der Waals surface area contributed by atoms with E-state index in [4.69, 9.17) is 9.47 Å². The molecule has 0 fully saturated rings. The third-order valence-electron chi connectivity index (χ3n) is 5.79. The molecule has 1 N–H and O–H groups in total. The summed E-state index contributed by atoms with van der Waals surface area (Å²) in [6, 6.07) is 11.9. The van der Waals surface area contributed by atoms with Gasteiger partial charge in [-0.15, -0.1) is 0 Å². The van der Waals surface area contributed by atoms with Crippen LogP contribution in [0.4, 0.5) is 0 Å². The Morgan fingerprint density at radius 3 is 2.52 bits per heavy atom. The number of fused-ring (bicyclic) bond motifs is 1. The quantitative estimate of drug-likeness (QED) is 0.422. The number of hydrogen-bond acceptors (Lipinski definition) is 4. The first-order valence-corrected chi connectivity index (χ1v) is 11.6. The van der Waals surface area contributed by atoms with Crippen LogP contribution in [0.1, 0.15) is 60.2 Å². The van der Waals surface area contributed by atoms with Crippen LogP contribution < -0.4 is 10.1 Å². The minimum absolute atomic E-state index is 0.0937. The van der Waals surface area contributed by atoms with E-state index >= 15 is 0 Å². The second kappa shape index (κ2) is 11.5. The van der Waals surface area contributed by atoms with Crippen molar-refractivity contribution in [1.82, 2.24) is 9.88 Å². The van der Waals surface area contributed by atoms with Gasteiger partial charge in [-0.1, -0.05) is 26.0 Å². The van der Waals surface area contributed by atoms with Gasteiger partial charge < -0.3 is 19.4 Å². The third kappa shape index (κ3) is 5.95. The van der Waals surface area contributed by atoms with Crippen molar-refractivity contribution in [2.45, 2.75) is 52.5 Å². The maximum Gasteiger partial charge on any atom is 0.337 e. The number of benzene rings is 2. The van der Waals surface area contributed by atoms with E-state index in [0.717, 1.165) is 37.1 Å². The fourth-order valence-corrected chi connectivity index (χ4v) is 4.09. The summed E-state index contributed by atoms with van der Waals surface area (Å²) < 4.78 is 12.7. The number of nitrogens with zero attached hydrogens (tertiary/aromatic N) is 1. The van der Waals surface area contributed by atoms with Crippen LogP contribution >= 0.6 is 0 Å². The normalized spacial score (nSPS) is 10.9. The topological polar surface area (TPSA) is 69.6 Å². The number of hydrogen-bond donors (Lipinski definition) is 1. The van der Waals surface area contributed by atoms with Crippen LogP contribution in [0.25, 0.3) is 10.9 Å². The molecule has 1 heterocycles. The zero-order chi connectivity index (χ0) is 23.8. The van der Waals surface area contributed by atoms with Gasteiger partial charge >= 0.3 is 5.97 Å². The number of esters is 1. The average Bonchev–Trinajstić information content (AvgIpc) is 3.17. The number of ether oxygens (including phenoxy) is 2. The number of methoxy groups -OCH3 is 2. The molecule has 0 aliphatic carbocycles. The highest BCUT2D eigenvalue weighted by molar-refractivity contribution is 5.90. The number of amides is 1. The molecule has 3 rings (SSSR count). The number of carbonyl (C=O) groups is 2. The highest BCUT2D eigenvalue weighted by Gasteiger charge is 2.15. The molecule has 6 heteroatoms. The van der Waals surface area contributed by atoms with E-state index < -0.39 is 0 Å². The van der Waals surface area contributed by atoms with E-state index in [2.05, 4.69) is 48.1 Å². The smallest absolute Gasteiger partial charge is 0.337 e. The molecule has 1 aromatic heterocycles. The molecule has 176 valence electrons. The molecular formula is C27H34N2O4. The van der Waals surface area contributed by atoms with Crippen molar-refractivity contribution >= 4 is 22.8 Å². The van der Waals surface area contributed by atoms with Crippen LogP contribution in [-0.4, -0.2) is 37.2 Å². The van der Waals surface area contributed by atoms with Crippen LogP contribution in [0.2, 0.25) is 0 Å². The molecule has 1 amide bonds. The molecule has 0 atom stereocenters. The Kier molecular flexibility index (Phi) is 8.52. The van der Waals surface area contributed by atoms with E-state index in [1.165, 1.54) is 23.6 Å². The van der Waals surface area contributed by atoms with Crippen molar-refractivity contribution in [1.29, 1.82) is 0 Å². The van der Waals surface area contributed by atoms with E-state index in [-0.39, 0.29) is 11.9 Å². The van der Waals surface area contributed by atoms with Gasteiger partial charge in [0, 0.05) is 43.0 Å². The molecule has 0 unspecified atom stereocenters. The van der Waals surface area contributed by atoms with Gasteiger partial charge in [0.05, 0.1) is 19.8 Å². The summed E-state index contributed by atoms with van der Waals surface area (Å²) in [4.78, 5) is 23.9. The maximum atomic E-state index is 12.0. The zero-order valence-corrected chi connectivity index (χ0v) is 20.1. The first-order chi connectivity index (χ1) is 16.0. The summed E-state index contributed by atoms with van der Waals surface area (Å²) in [6.07, 6.45) is 6.06. The summed E-state index contributed by atoms with van der Waals surface area (Å²) in [5, 5.41) is 4.13. The molecule has 0 aliphatic rings. The summed E-state index contributed by atoms with van der Waals surface area (Å²) in [6.45, 7) is 5.88. The minimum Gasteiger partial charge on any atom is -0.496 e. The maximum absolute atomic E-state index is 12.0. The molecule has 0 bridgehead atoms. The highest BCUT2D eigenvalue weighted by Crippen LogP contribution is 2.29. The molecule has 33 heavy (non-hydrogen) atoms. The molecule has 0 radical (unpaired) electrons. The Hall–Kier alpha value is -3.28. The zero-order valence-electron chi connectivity index (χ0n) is 20.1. The van der Waals surface area contributed by atoms with Gasteiger partial charge in [-0.2, -0.15) is 0 Å². The molecule has 2 aromatic carbocycles. The highest BCUT2D eigenvalue weighted by atomic mass is 16.5. The van der Waals surface area contributed by atoms with Crippen molar-refractivity contribution < 1.29 is 19.1 Å². The standard InChI is InChI=1S/C27H34N2O4/c1-5-13-28-26(30)12-8-19-7-11-24-23(15-19)22(18-29(24)14-6-2)16-20-9-10-21(27(31)33-4)17-25(20)32-3/h7,9-11,15,17-18H,5-6,8,12-14,16H2,1-4H3,(H,28,30). The number of aryl methyl sites for hydroxylation is 2. The molecule has 0 saturated heterocycles. The first-order valence-electron chi connectivity index (χ1n) is 11.6. The number of rotatable bonds is 11. The lowest BCUT2D eigenvalue weighted by atomic mass is 9.99. The van der Waals surface area contributed by atoms with E-state index in [1.54, 1.807) is 19.2 Å². The van der Waals surface area contributed by atoms with Gasteiger partial charge in [0.2, 0.25) is 5.91 Å². The lowest BCUT2D eigenvalue weighted by Crippen LogP contribution is -2.24. The van der Waals surface area contributed by atoms with Crippen molar-refractivity contribution in [3.63, 3.8) is 0 Å². The monoisotopic (exact) mass is 450 g/mol. The van der Waals surface area contributed by atoms with E-state index in [1.807, 2.05) is 6.07 Å². The first kappa shape index (κ1) is 24.4. The fourth-order valence-electron chi connectivity index (χ4n) is 4.09. The lowest BCUT2D eigenvalue weighted by Gasteiger charge is -2.10. The molecule has 0 spiro atoms. The van der Waals surface area contributed by atoms with Gasteiger partial charge in [0.15, 0.2) is 0 Å². The Bertz CT molecular complexity index is 1120. The van der Waals surface area contributed by atoms with Gasteiger partial charge in [-0.05, 0) is 60.2 Å². The van der Waals surface area contributed by atoms with Crippen LogP contribution in [-0.2, 0) is 28.9 Å². The number of aromatic nitrogens is 1. The SMILES string of the molecule is CCCNC(=O)CCc1ccc2c(c1)c(Cc1ccc(C(=O)OC)cc1OC)cn2CCC. The summed E-state index contributed by atoms with van der Waals surface area (Å²) in [5.74, 6) is 0.376. The predicted molar refractivity (Wildman–Crippen MR) is 131 cm³/mol. The lowest BCUT2D eigenvalue weighted by molar-refractivity contribution is -0.121. The second-order valence-electron chi connectivity index (χ2n) is 8.24. The van der Waals surface area contributed by atoms with Crippen LogP contribution in [0.15, 0.2) is 42.6 Å². The van der Waals surface area contributed by atoms with Crippen LogP contribution in [0.5, 0.6) is 5.75 Å². The Morgan fingerprint density at radius 1 is 1.00 bits per heavy atom. The van der Waals surface area contributed by atoms with Gasteiger partial charge in [-0.3, -0.25) is 4.79 Å². The predicted octanol–water partition coefficient (Wildman–Crippen LogP) is 4.90. The Labute approximate surface area is 195 Å². The van der Waals surface area contributed by atoms with Gasteiger partial charge in [-0.25, -0.2) is 4.79 Å². The Balaban J connectivity index is 1.91. The minimum atomic E-state index is -0.382. The molecule has 6 nitrogen and oxygen atoms in total. The van der Waals surface area contributed by atoms with Gasteiger partial charge in [0.1, 0.15) is 5.75 Å². The molecular weight excluding hydrogens is 416 g/mol. The van der Waals surface area contributed by atoms with Crippen LogP contribution in [0.3, 0.4) is 0 Å². The Morgan fingerprint density at radius 2 is 1.82 bits per heavy atom. The third-order valence-corrected chi connectivity index (χ3v) is 5.79. The second-order valence-corrected chi connectivity index (χ2v) is 8.24. The largest absolute Gasteiger partial charge is 0.496 e. The summed E-state index contributed by atoms with van der Waals surface area (Å²) >= 11 is 0. The van der Waals surface area contributed by atoms with Crippen molar-refractivity contribution in [2.24, 2.45) is 0 Å². The van der Waals surface area contributed by atoms with E-state index in [9.17, 15) is 9.59 Å². The van der Waals surface area contributed by atoms with E-state index in [0.29, 0.717) is 30.6 Å². The average molecular weight is 451 g/mol. The summed E-state index contributed by atoms with van der Waals surface area (Å²) in [7, 11) is 2.98. The molecule has 0 saturated carbocycles. The van der Waals surface area contributed by atoms with Crippen molar-refractivity contribution in [2.75, 3.05) is 20.8 Å². The molecule has 0 aliphatic heterocycles. The fraction of sp³-hybridized carbons (Fsp3) is 0.407.